The van der Waals surface area contributed by atoms with Gasteiger partial charge in [0, 0.05) is 19.3 Å². The van der Waals surface area contributed by atoms with Crippen LogP contribution in [0, 0.1) is 0 Å². The van der Waals surface area contributed by atoms with Gasteiger partial charge in [0.05, 0.1) is 18.6 Å². The van der Waals surface area contributed by atoms with Crippen LogP contribution in [0.15, 0.2) is 17.1 Å². The maximum Gasteiger partial charge on any atom is 0.262 e. The van der Waals surface area contributed by atoms with Gasteiger partial charge in [-0.1, -0.05) is 0 Å². The number of rotatable bonds is 2. The Labute approximate surface area is 115 Å². The summed E-state index contributed by atoms with van der Waals surface area (Å²) in [5.41, 5.74) is 1.57. The molecule has 2 fully saturated rings. The summed E-state index contributed by atoms with van der Waals surface area (Å²) in [6.45, 7) is 2.82. The lowest BCUT2D eigenvalue weighted by Gasteiger charge is -2.27. The van der Waals surface area contributed by atoms with E-state index in [1.165, 1.54) is 0 Å². The standard InChI is InChI=1S/C14H16N4O2/c19-13-11-10(9-1-2-9)3-4-15-12(11)16-14(17-13)18-5-7-20-8-6-18/h3-4,9H,1-2,5-8H2,(H,15,16,17,19). The molecule has 1 saturated heterocycles. The summed E-state index contributed by atoms with van der Waals surface area (Å²) in [6.07, 6.45) is 4.07. The van der Waals surface area contributed by atoms with E-state index in [0.29, 0.717) is 36.1 Å². The van der Waals surface area contributed by atoms with Gasteiger partial charge in [0.2, 0.25) is 5.95 Å². The van der Waals surface area contributed by atoms with E-state index in [-0.39, 0.29) is 5.56 Å². The highest BCUT2D eigenvalue weighted by Gasteiger charge is 2.27. The van der Waals surface area contributed by atoms with Crippen molar-refractivity contribution >= 4 is 17.0 Å². The van der Waals surface area contributed by atoms with Crippen LogP contribution in [0.3, 0.4) is 0 Å². The summed E-state index contributed by atoms with van der Waals surface area (Å²) in [7, 11) is 0. The van der Waals surface area contributed by atoms with Crippen molar-refractivity contribution in [3.63, 3.8) is 0 Å². The maximum absolute atomic E-state index is 12.4. The SMILES string of the molecule is O=c1[nH]c(N2CCOCC2)nc2nccc(C3CC3)c12. The van der Waals surface area contributed by atoms with E-state index in [2.05, 4.69) is 15.0 Å². The van der Waals surface area contributed by atoms with Crippen LogP contribution in [0.2, 0.25) is 0 Å². The summed E-state index contributed by atoms with van der Waals surface area (Å²) in [6, 6.07) is 1.95. The van der Waals surface area contributed by atoms with E-state index in [1.807, 2.05) is 11.0 Å². The Morgan fingerprint density at radius 2 is 2.10 bits per heavy atom. The van der Waals surface area contributed by atoms with Gasteiger partial charge in [0.1, 0.15) is 0 Å². The third kappa shape index (κ3) is 1.96. The van der Waals surface area contributed by atoms with E-state index in [9.17, 15) is 4.79 Å². The molecule has 104 valence electrons. The fraction of sp³-hybridized carbons (Fsp3) is 0.500. The van der Waals surface area contributed by atoms with Gasteiger partial charge >= 0.3 is 0 Å². The number of anilines is 1. The van der Waals surface area contributed by atoms with Gasteiger partial charge < -0.3 is 9.64 Å². The summed E-state index contributed by atoms with van der Waals surface area (Å²) in [5.74, 6) is 1.11. The zero-order valence-electron chi connectivity index (χ0n) is 11.1. The molecule has 2 aromatic rings. The van der Waals surface area contributed by atoms with Gasteiger partial charge in [-0.3, -0.25) is 9.78 Å². The molecule has 6 nitrogen and oxygen atoms in total. The van der Waals surface area contributed by atoms with Crippen molar-refractivity contribution in [1.82, 2.24) is 15.0 Å². The van der Waals surface area contributed by atoms with Crippen molar-refractivity contribution in [2.24, 2.45) is 0 Å². The molecule has 1 aliphatic carbocycles. The molecular formula is C14H16N4O2. The second-order valence-corrected chi connectivity index (χ2v) is 5.36. The van der Waals surface area contributed by atoms with E-state index >= 15 is 0 Å². The van der Waals surface area contributed by atoms with E-state index in [0.717, 1.165) is 31.5 Å². The predicted octanol–water partition coefficient (Wildman–Crippen LogP) is 1.03. The molecule has 0 aromatic carbocycles. The van der Waals surface area contributed by atoms with Crippen LogP contribution < -0.4 is 10.5 Å². The number of pyridine rings is 1. The molecule has 3 heterocycles. The molecule has 1 saturated carbocycles. The van der Waals surface area contributed by atoms with Gasteiger partial charge in [-0.2, -0.15) is 4.98 Å². The molecule has 0 radical (unpaired) electrons. The number of morpholine rings is 1. The fourth-order valence-corrected chi connectivity index (χ4v) is 2.73. The van der Waals surface area contributed by atoms with Crippen molar-refractivity contribution < 1.29 is 4.74 Å². The first-order valence-corrected chi connectivity index (χ1v) is 7.04. The average molecular weight is 272 g/mol. The first-order valence-electron chi connectivity index (χ1n) is 7.04. The molecule has 2 aromatic heterocycles. The number of nitrogens with zero attached hydrogens (tertiary/aromatic N) is 3. The summed E-state index contributed by atoms with van der Waals surface area (Å²) in [5, 5.41) is 0.659. The van der Waals surface area contributed by atoms with E-state index < -0.39 is 0 Å². The van der Waals surface area contributed by atoms with Crippen LogP contribution in [-0.4, -0.2) is 41.3 Å². The van der Waals surface area contributed by atoms with E-state index in [1.54, 1.807) is 6.20 Å². The van der Waals surface area contributed by atoms with Crippen LogP contribution >= 0.6 is 0 Å². The quantitative estimate of drug-likeness (QED) is 0.884. The molecule has 1 aliphatic heterocycles. The summed E-state index contributed by atoms with van der Waals surface area (Å²) >= 11 is 0. The van der Waals surface area contributed by atoms with Gasteiger partial charge in [0.25, 0.3) is 5.56 Å². The topological polar surface area (TPSA) is 71.1 Å². The summed E-state index contributed by atoms with van der Waals surface area (Å²) < 4.78 is 5.32. The number of aromatic nitrogens is 3. The highest BCUT2D eigenvalue weighted by atomic mass is 16.5. The van der Waals surface area contributed by atoms with Gasteiger partial charge in [-0.05, 0) is 30.4 Å². The van der Waals surface area contributed by atoms with Gasteiger partial charge in [-0.15, -0.1) is 0 Å². The normalized spacial score (nSPS) is 19.5. The number of nitrogens with one attached hydrogen (secondary N) is 1. The molecule has 0 unspecified atom stereocenters. The van der Waals surface area contributed by atoms with Crippen molar-refractivity contribution in [2.75, 3.05) is 31.2 Å². The minimum absolute atomic E-state index is 0.0773. The lowest BCUT2D eigenvalue weighted by Crippen LogP contribution is -2.38. The highest BCUT2D eigenvalue weighted by molar-refractivity contribution is 5.79. The first-order chi connectivity index (χ1) is 9.83. The summed E-state index contributed by atoms with van der Waals surface area (Å²) in [4.78, 5) is 26.2. The monoisotopic (exact) mass is 272 g/mol. The molecule has 1 N–H and O–H groups in total. The average Bonchev–Trinajstić information content (AvgIpc) is 3.32. The molecule has 0 spiro atoms. The Hall–Kier alpha value is -1.95. The van der Waals surface area contributed by atoms with Gasteiger partial charge in [0.15, 0.2) is 5.65 Å². The Bertz CT molecular complexity index is 702. The highest BCUT2D eigenvalue weighted by Crippen LogP contribution is 2.41. The number of fused-ring (bicyclic) bond motifs is 1. The second-order valence-electron chi connectivity index (χ2n) is 5.36. The van der Waals surface area contributed by atoms with Crippen LogP contribution in [0.1, 0.15) is 24.3 Å². The van der Waals surface area contributed by atoms with Crippen molar-refractivity contribution in [3.8, 4) is 0 Å². The molecule has 6 heteroatoms. The Kier molecular flexibility index (Phi) is 2.70. The smallest absolute Gasteiger partial charge is 0.262 e. The van der Waals surface area contributed by atoms with Crippen molar-refractivity contribution in [1.29, 1.82) is 0 Å². The van der Waals surface area contributed by atoms with E-state index in [4.69, 9.17) is 4.74 Å². The zero-order chi connectivity index (χ0) is 13.5. The van der Waals surface area contributed by atoms with Gasteiger partial charge in [-0.25, -0.2) is 4.98 Å². The Morgan fingerprint density at radius 3 is 2.85 bits per heavy atom. The second kappa shape index (κ2) is 4.56. The molecule has 0 bridgehead atoms. The number of H-pyrrole nitrogens is 1. The number of hydrogen-bond acceptors (Lipinski definition) is 5. The first kappa shape index (κ1) is 11.8. The van der Waals surface area contributed by atoms with Crippen LogP contribution in [-0.2, 0) is 4.74 Å². The lowest BCUT2D eigenvalue weighted by molar-refractivity contribution is 0.122. The van der Waals surface area contributed by atoms with Crippen molar-refractivity contribution in [2.45, 2.75) is 18.8 Å². The fourth-order valence-electron chi connectivity index (χ4n) is 2.73. The largest absolute Gasteiger partial charge is 0.378 e. The third-order valence-electron chi connectivity index (χ3n) is 3.96. The van der Waals surface area contributed by atoms with Crippen LogP contribution in [0.5, 0.6) is 0 Å². The Morgan fingerprint density at radius 1 is 1.30 bits per heavy atom. The molecule has 2 aliphatic rings. The molecule has 4 rings (SSSR count). The number of aromatic amines is 1. The van der Waals surface area contributed by atoms with Crippen LogP contribution in [0.4, 0.5) is 5.95 Å². The third-order valence-corrected chi connectivity index (χ3v) is 3.96. The van der Waals surface area contributed by atoms with Crippen LogP contribution in [0.25, 0.3) is 11.0 Å². The number of ether oxygens (including phenoxy) is 1. The maximum atomic E-state index is 12.4. The van der Waals surface area contributed by atoms with Crippen molar-refractivity contribution in [3.05, 3.63) is 28.2 Å². The minimum atomic E-state index is -0.0773. The molecular weight excluding hydrogens is 256 g/mol. The molecule has 20 heavy (non-hydrogen) atoms. The minimum Gasteiger partial charge on any atom is -0.378 e. The lowest BCUT2D eigenvalue weighted by atomic mass is 10.1. The Balaban J connectivity index is 1.84. The molecule has 0 atom stereocenters. The zero-order valence-corrected chi connectivity index (χ0v) is 11.1. The number of hydrogen-bond donors (Lipinski definition) is 1. The molecule has 0 amide bonds. The predicted molar refractivity (Wildman–Crippen MR) is 75.2 cm³/mol.